The van der Waals surface area contributed by atoms with Crippen LogP contribution < -0.4 is 0 Å². The average molecular weight is 311 g/mol. The average Bonchev–Trinajstić information content (AvgIpc) is 2.44. The van der Waals surface area contributed by atoms with Crippen LogP contribution >= 0.6 is 12.6 Å². The normalized spacial score (nSPS) is 10.9. The summed E-state index contributed by atoms with van der Waals surface area (Å²) in [5.74, 6) is 1.34. The van der Waals surface area contributed by atoms with Gasteiger partial charge in [0.05, 0.1) is 0 Å². The Kier molecular flexibility index (Phi) is 10.2. The summed E-state index contributed by atoms with van der Waals surface area (Å²) in [7, 11) is 0. The Bertz CT molecular complexity index is 359. The largest absolute Gasteiger partial charge is 0.508 e. The third-order valence-corrected chi connectivity index (χ3v) is 4.15. The van der Waals surface area contributed by atoms with E-state index in [4.69, 9.17) is 0 Å². The maximum Gasteiger partial charge on any atom is 0.119 e. The van der Waals surface area contributed by atoms with Crippen molar-refractivity contribution in [3.8, 4) is 11.5 Å². The minimum Gasteiger partial charge on any atom is -0.508 e. The third-order valence-electron chi connectivity index (χ3n) is 3.84. The van der Waals surface area contributed by atoms with Crippen molar-refractivity contribution in [3.05, 3.63) is 23.8 Å². The van der Waals surface area contributed by atoms with Crippen LogP contribution in [-0.2, 0) is 6.42 Å². The van der Waals surface area contributed by atoms with Gasteiger partial charge in [0.15, 0.2) is 0 Å². The number of unbranched alkanes of at least 4 members (excludes halogenated alkanes) is 9. The number of thiol groups is 1. The minimum absolute atomic E-state index is 0.155. The molecule has 1 aromatic rings. The van der Waals surface area contributed by atoms with E-state index >= 15 is 0 Å². The molecule has 0 heterocycles. The molecule has 0 aliphatic carbocycles. The standard InChI is InChI=1S/C18H30O2S/c19-17-13-16(14-18(20)15-17)11-9-7-5-3-1-2-4-6-8-10-12-21/h13-15,19-21H,1-12H2. The number of phenolic OH excluding ortho intramolecular Hbond substituents is 2. The molecular weight excluding hydrogens is 280 g/mol. The lowest BCUT2D eigenvalue weighted by molar-refractivity contribution is 0.449. The van der Waals surface area contributed by atoms with Crippen molar-refractivity contribution in [1.82, 2.24) is 0 Å². The second-order valence-electron chi connectivity index (χ2n) is 5.87. The summed E-state index contributed by atoms with van der Waals surface area (Å²) < 4.78 is 0. The van der Waals surface area contributed by atoms with Crippen molar-refractivity contribution in [2.75, 3.05) is 5.75 Å². The molecule has 0 spiro atoms. The summed E-state index contributed by atoms with van der Waals surface area (Å²) in [5, 5.41) is 18.8. The molecule has 0 bridgehead atoms. The molecule has 0 atom stereocenters. The van der Waals surface area contributed by atoms with Crippen LogP contribution in [0, 0.1) is 0 Å². The highest BCUT2D eigenvalue weighted by Gasteiger charge is 1.99. The lowest BCUT2D eigenvalue weighted by atomic mass is 10.0. The zero-order chi connectivity index (χ0) is 15.3. The van der Waals surface area contributed by atoms with E-state index in [0.29, 0.717) is 0 Å². The molecule has 0 radical (unpaired) electrons. The Balaban J connectivity index is 1.93. The number of aromatic hydroxyl groups is 2. The van der Waals surface area contributed by atoms with Crippen LogP contribution in [-0.4, -0.2) is 16.0 Å². The van der Waals surface area contributed by atoms with E-state index in [1.165, 1.54) is 63.9 Å². The topological polar surface area (TPSA) is 40.5 Å². The summed E-state index contributed by atoms with van der Waals surface area (Å²) in [4.78, 5) is 0. The van der Waals surface area contributed by atoms with Gasteiger partial charge in [-0.1, -0.05) is 51.4 Å². The number of hydrogen-bond acceptors (Lipinski definition) is 3. The Labute approximate surface area is 135 Å². The monoisotopic (exact) mass is 310 g/mol. The van der Waals surface area contributed by atoms with E-state index in [1.807, 2.05) is 0 Å². The molecule has 0 aromatic heterocycles. The van der Waals surface area contributed by atoms with Crippen LogP contribution in [0.3, 0.4) is 0 Å². The van der Waals surface area contributed by atoms with Gasteiger partial charge in [0, 0.05) is 6.07 Å². The van der Waals surface area contributed by atoms with Crippen molar-refractivity contribution >= 4 is 12.6 Å². The van der Waals surface area contributed by atoms with E-state index in [-0.39, 0.29) is 11.5 Å². The molecule has 0 saturated heterocycles. The smallest absolute Gasteiger partial charge is 0.119 e. The molecule has 120 valence electrons. The predicted octanol–water partition coefficient (Wildman–Crippen LogP) is 5.47. The molecule has 2 N–H and O–H groups in total. The molecule has 0 saturated carbocycles. The Morgan fingerprint density at radius 3 is 1.52 bits per heavy atom. The molecule has 21 heavy (non-hydrogen) atoms. The lowest BCUT2D eigenvalue weighted by Gasteiger charge is -2.04. The van der Waals surface area contributed by atoms with E-state index in [0.717, 1.165) is 24.2 Å². The first-order valence-corrected chi connectivity index (χ1v) is 8.98. The molecule has 3 heteroatoms. The van der Waals surface area contributed by atoms with E-state index in [9.17, 15) is 10.2 Å². The fourth-order valence-electron chi connectivity index (χ4n) is 2.66. The van der Waals surface area contributed by atoms with Gasteiger partial charge in [0.2, 0.25) is 0 Å². The van der Waals surface area contributed by atoms with Gasteiger partial charge >= 0.3 is 0 Å². The summed E-state index contributed by atoms with van der Waals surface area (Å²) in [6.45, 7) is 0. The molecular formula is C18H30O2S. The SMILES string of the molecule is Oc1cc(O)cc(CCCCCCCCCCCCS)c1. The zero-order valence-corrected chi connectivity index (χ0v) is 14.0. The molecule has 0 aliphatic rings. The zero-order valence-electron chi connectivity index (χ0n) is 13.1. The molecule has 2 nitrogen and oxygen atoms in total. The van der Waals surface area contributed by atoms with Gasteiger partial charge in [0.25, 0.3) is 0 Å². The first kappa shape index (κ1) is 18.2. The molecule has 1 aromatic carbocycles. The highest BCUT2D eigenvalue weighted by molar-refractivity contribution is 7.80. The van der Waals surface area contributed by atoms with Crippen LogP contribution in [0.4, 0.5) is 0 Å². The predicted molar refractivity (Wildman–Crippen MR) is 93.5 cm³/mol. The molecule has 0 aliphatic heterocycles. The lowest BCUT2D eigenvalue weighted by Crippen LogP contribution is -1.87. The summed E-state index contributed by atoms with van der Waals surface area (Å²) >= 11 is 4.22. The van der Waals surface area contributed by atoms with E-state index < -0.39 is 0 Å². The van der Waals surface area contributed by atoms with Gasteiger partial charge in [-0.2, -0.15) is 12.6 Å². The van der Waals surface area contributed by atoms with Crippen LogP contribution in [0.15, 0.2) is 18.2 Å². The molecule has 0 amide bonds. The van der Waals surface area contributed by atoms with Gasteiger partial charge in [-0.05, 0) is 42.7 Å². The Morgan fingerprint density at radius 1 is 0.619 bits per heavy atom. The van der Waals surface area contributed by atoms with E-state index in [1.54, 1.807) is 12.1 Å². The second-order valence-corrected chi connectivity index (χ2v) is 6.31. The highest BCUT2D eigenvalue weighted by atomic mass is 32.1. The number of aryl methyl sites for hydroxylation is 1. The summed E-state index contributed by atoms with van der Waals surface area (Å²) in [5.41, 5.74) is 1.02. The first-order valence-electron chi connectivity index (χ1n) is 8.35. The van der Waals surface area contributed by atoms with Gasteiger partial charge in [-0.15, -0.1) is 0 Å². The fraction of sp³-hybridized carbons (Fsp3) is 0.667. The van der Waals surface area contributed by atoms with Crippen molar-refractivity contribution in [3.63, 3.8) is 0 Å². The molecule has 1 rings (SSSR count). The Hall–Kier alpha value is -0.830. The van der Waals surface area contributed by atoms with Gasteiger partial charge in [-0.25, -0.2) is 0 Å². The quantitative estimate of drug-likeness (QED) is 0.354. The summed E-state index contributed by atoms with van der Waals surface area (Å²) in [6, 6.07) is 4.86. The fourth-order valence-corrected chi connectivity index (χ4v) is 2.88. The summed E-state index contributed by atoms with van der Waals surface area (Å²) in [6.07, 6.45) is 14.0. The van der Waals surface area contributed by atoms with Gasteiger partial charge < -0.3 is 10.2 Å². The minimum atomic E-state index is 0.155. The van der Waals surface area contributed by atoms with Crippen LogP contribution in [0.25, 0.3) is 0 Å². The number of rotatable bonds is 12. The van der Waals surface area contributed by atoms with E-state index in [2.05, 4.69) is 12.6 Å². The van der Waals surface area contributed by atoms with Gasteiger partial charge in [-0.3, -0.25) is 0 Å². The van der Waals surface area contributed by atoms with Crippen molar-refractivity contribution in [2.45, 2.75) is 70.6 Å². The first-order chi connectivity index (χ1) is 10.2. The van der Waals surface area contributed by atoms with Crippen LogP contribution in [0.5, 0.6) is 11.5 Å². The maximum absolute atomic E-state index is 9.41. The molecule has 0 unspecified atom stereocenters. The van der Waals surface area contributed by atoms with Crippen molar-refractivity contribution in [1.29, 1.82) is 0 Å². The number of benzene rings is 1. The highest BCUT2D eigenvalue weighted by Crippen LogP contribution is 2.22. The molecule has 0 fully saturated rings. The number of phenols is 2. The third kappa shape index (κ3) is 9.67. The van der Waals surface area contributed by atoms with Crippen molar-refractivity contribution in [2.24, 2.45) is 0 Å². The second kappa shape index (κ2) is 11.8. The van der Waals surface area contributed by atoms with Crippen LogP contribution in [0.2, 0.25) is 0 Å². The maximum atomic E-state index is 9.41. The van der Waals surface area contributed by atoms with Crippen LogP contribution in [0.1, 0.15) is 69.8 Å². The van der Waals surface area contributed by atoms with Gasteiger partial charge in [0.1, 0.15) is 11.5 Å². The Morgan fingerprint density at radius 2 is 1.05 bits per heavy atom. The number of hydrogen-bond donors (Lipinski definition) is 3. The van der Waals surface area contributed by atoms with Crippen molar-refractivity contribution < 1.29 is 10.2 Å².